The molecule has 1 fully saturated rings. The van der Waals surface area contributed by atoms with Crippen LogP contribution in [-0.2, 0) is 6.54 Å². The van der Waals surface area contributed by atoms with E-state index in [1.54, 1.807) is 0 Å². The van der Waals surface area contributed by atoms with E-state index in [4.69, 9.17) is 9.84 Å². The van der Waals surface area contributed by atoms with Crippen LogP contribution in [0.5, 0.6) is 5.75 Å². The summed E-state index contributed by atoms with van der Waals surface area (Å²) in [4.78, 5) is 2.55. The Labute approximate surface area is 196 Å². The van der Waals surface area contributed by atoms with Gasteiger partial charge in [-0.15, -0.1) is 0 Å². The van der Waals surface area contributed by atoms with Gasteiger partial charge in [0, 0.05) is 44.5 Å². The zero-order chi connectivity index (χ0) is 22.4. The fourth-order valence-corrected chi connectivity index (χ4v) is 5.55. The predicted molar refractivity (Wildman–Crippen MR) is 132 cm³/mol. The largest absolute Gasteiger partial charge is 0.466 e. The van der Waals surface area contributed by atoms with Gasteiger partial charge in [-0.25, -0.2) is 5.01 Å². The molecule has 3 aliphatic rings. The molecule has 1 atom stereocenters. The van der Waals surface area contributed by atoms with Gasteiger partial charge in [0.15, 0.2) is 0 Å². The van der Waals surface area contributed by atoms with Crippen LogP contribution in [0, 0.1) is 13.8 Å². The smallest absolute Gasteiger partial charge is 0.200 e. The van der Waals surface area contributed by atoms with E-state index in [0.717, 1.165) is 44.6 Å². The van der Waals surface area contributed by atoms with E-state index in [0.29, 0.717) is 0 Å². The molecule has 0 N–H and O–H groups in total. The molecular formula is C29H31N3O. The summed E-state index contributed by atoms with van der Waals surface area (Å²) in [5, 5.41) is 7.55. The maximum absolute atomic E-state index is 6.82. The standard InChI is InChI=1S/C29H31N3O/c1-21-8-11-24(12-9-21)26-19-27-25-18-22(2)10-13-28(25)33-29(32(27)30-26)14-16-31(17-15-29)20-23-6-4-3-5-7-23/h3-13,18,27H,14-17,19-20H2,1-2H3. The first-order valence-corrected chi connectivity index (χ1v) is 12.1. The van der Waals surface area contributed by atoms with Crippen molar-refractivity contribution in [2.75, 3.05) is 13.1 Å². The molecule has 33 heavy (non-hydrogen) atoms. The van der Waals surface area contributed by atoms with Crippen molar-refractivity contribution >= 4 is 5.71 Å². The van der Waals surface area contributed by atoms with E-state index in [9.17, 15) is 0 Å². The first-order valence-electron chi connectivity index (χ1n) is 12.1. The van der Waals surface area contributed by atoms with E-state index < -0.39 is 0 Å². The average Bonchev–Trinajstić information content (AvgIpc) is 3.29. The van der Waals surface area contributed by atoms with Gasteiger partial charge in [-0.1, -0.05) is 77.9 Å². The lowest BCUT2D eigenvalue weighted by Crippen LogP contribution is -2.59. The molecule has 1 unspecified atom stereocenters. The summed E-state index contributed by atoms with van der Waals surface area (Å²) in [6.45, 7) is 7.31. The monoisotopic (exact) mass is 437 g/mol. The summed E-state index contributed by atoms with van der Waals surface area (Å²) in [5.41, 5.74) is 7.23. The number of nitrogens with zero attached hydrogens (tertiary/aromatic N) is 3. The van der Waals surface area contributed by atoms with Gasteiger partial charge < -0.3 is 4.74 Å². The molecule has 0 saturated carbocycles. The summed E-state index contributed by atoms with van der Waals surface area (Å²) in [5.74, 6) is 1.04. The fourth-order valence-electron chi connectivity index (χ4n) is 5.55. The highest BCUT2D eigenvalue weighted by Gasteiger charge is 2.51. The van der Waals surface area contributed by atoms with Crippen LogP contribution in [0.15, 0.2) is 77.9 Å². The number of rotatable bonds is 3. The first kappa shape index (κ1) is 20.5. The molecule has 6 rings (SSSR count). The van der Waals surface area contributed by atoms with Crippen LogP contribution in [0.1, 0.15) is 53.1 Å². The zero-order valence-electron chi connectivity index (χ0n) is 19.5. The van der Waals surface area contributed by atoms with Gasteiger partial charge in [-0.3, -0.25) is 4.90 Å². The predicted octanol–water partition coefficient (Wildman–Crippen LogP) is 5.84. The number of piperidine rings is 1. The van der Waals surface area contributed by atoms with Crippen molar-refractivity contribution < 1.29 is 4.74 Å². The molecule has 3 aromatic rings. The Morgan fingerprint density at radius 2 is 1.64 bits per heavy atom. The lowest BCUT2D eigenvalue weighted by Gasteiger charge is -2.51. The van der Waals surface area contributed by atoms with Gasteiger partial charge in [0.05, 0.1) is 11.8 Å². The molecule has 4 heteroatoms. The third-order valence-corrected chi connectivity index (χ3v) is 7.42. The summed E-state index contributed by atoms with van der Waals surface area (Å²) >= 11 is 0. The van der Waals surface area contributed by atoms with Crippen LogP contribution in [0.4, 0.5) is 0 Å². The molecular weight excluding hydrogens is 406 g/mol. The van der Waals surface area contributed by atoms with Crippen LogP contribution in [0.3, 0.4) is 0 Å². The third-order valence-electron chi connectivity index (χ3n) is 7.42. The molecule has 1 spiro atoms. The minimum absolute atomic E-state index is 0.241. The topological polar surface area (TPSA) is 28.1 Å². The van der Waals surface area contributed by atoms with Crippen molar-refractivity contribution in [3.05, 3.63) is 101 Å². The van der Waals surface area contributed by atoms with Crippen molar-refractivity contribution in [3.63, 3.8) is 0 Å². The lowest BCUT2D eigenvalue weighted by molar-refractivity contribution is -0.150. The van der Waals surface area contributed by atoms with Crippen LogP contribution >= 0.6 is 0 Å². The number of ether oxygens (including phenoxy) is 1. The lowest BCUT2D eigenvalue weighted by atomic mass is 9.90. The second-order valence-corrected chi connectivity index (χ2v) is 9.83. The van der Waals surface area contributed by atoms with E-state index in [-0.39, 0.29) is 11.8 Å². The van der Waals surface area contributed by atoms with Crippen LogP contribution in [0.2, 0.25) is 0 Å². The Bertz CT molecular complexity index is 1180. The Balaban J connectivity index is 1.31. The summed E-state index contributed by atoms with van der Waals surface area (Å²) in [6.07, 6.45) is 2.83. The van der Waals surface area contributed by atoms with E-state index in [2.05, 4.69) is 96.6 Å². The third kappa shape index (κ3) is 3.72. The van der Waals surface area contributed by atoms with Crippen molar-refractivity contribution in [1.29, 1.82) is 0 Å². The number of hydrogen-bond donors (Lipinski definition) is 0. The molecule has 0 aliphatic carbocycles. The van der Waals surface area contributed by atoms with Gasteiger partial charge in [-0.2, -0.15) is 5.10 Å². The van der Waals surface area contributed by atoms with Gasteiger partial charge in [0.2, 0.25) is 5.72 Å². The molecule has 3 aromatic carbocycles. The Morgan fingerprint density at radius 3 is 2.39 bits per heavy atom. The van der Waals surface area contributed by atoms with Crippen LogP contribution in [0.25, 0.3) is 0 Å². The highest BCUT2D eigenvalue weighted by atomic mass is 16.5. The maximum Gasteiger partial charge on any atom is 0.200 e. The number of hydrogen-bond acceptors (Lipinski definition) is 4. The van der Waals surface area contributed by atoms with Gasteiger partial charge >= 0.3 is 0 Å². The minimum Gasteiger partial charge on any atom is -0.466 e. The minimum atomic E-state index is -0.368. The Hall–Kier alpha value is -3.11. The quantitative estimate of drug-likeness (QED) is 0.515. The molecule has 1 saturated heterocycles. The molecule has 0 aromatic heterocycles. The Kier molecular flexibility index (Phi) is 4.99. The number of benzene rings is 3. The number of hydrazone groups is 1. The molecule has 3 aliphatic heterocycles. The van der Waals surface area contributed by atoms with Crippen molar-refractivity contribution in [1.82, 2.24) is 9.91 Å². The molecule has 0 bridgehead atoms. The molecule has 4 nitrogen and oxygen atoms in total. The van der Waals surface area contributed by atoms with E-state index in [1.807, 2.05) is 0 Å². The molecule has 0 amide bonds. The highest BCUT2D eigenvalue weighted by Crippen LogP contribution is 2.50. The second-order valence-electron chi connectivity index (χ2n) is 9.83. The van der Waals surface area contributed by atoms with Crippen LogP contribution < -0.4 is 4.74 Å². The number of likely N-dealkylation sites (tertiary alicyclic amines) is 1. The van der Waals surface area contributed by atoms with Gasteiger partial charge in [0.1, 0.15) is 5.75 Å². The first-order chi connectivity index (χ1) is 16.1. The summed E-state index contributed by atoms with van der Waals surface area (Å²) in [7, 11) is 0. The fraction of sp³-hybridized carbons (Fsp3) is 0.345. The second kappa shape index (κ2) is 8.03. The molecule has 168 valence electrons. The van der Waals surface area contributed by atoms with Gasteiger partial charge in [-0.05, 0) is 31.0 Å². The van der Waals surface area contributed by atoms with Crippen molar-refractivity contribution in [2.45, 2.75) is 51.4 Å². The van der Waals surface area contributed by atoms with Crippen molar-refractivity contribution in [2.24, 2.45) is 5.10 Å². The highest BCUT2D eigenvalue weighted by molar-refractivity contribution is 6.02. The normalized spacial score (nSPS) is 21.3. The number of fused-ring (bicyclic) bond motifs is 4. The van der Waals surface area contributed by atoms with Crippen molar-refractivity contribution in [3.8, 4) is 5.75 Å². The average molecular weight is 438 g/mol. The zero-order valence-corrected chi connectivity index (χ0v) is 19.5. The SMILES string of the molecule is Cc1ccc(C2=NN3C(C2)c2cc(C)ccc2OC32CCN(Cc3ccccc3)CC2)cc1. The van der Waals surface area contributed by atoms with E-state index >= 15 is 0 Å². The summed E-state index contributed by atoms with van der Waals surface area (Å²) in [6, 6.07) is 26.4. The Morgan fingerprint density at radius 1 is 0.909 bits per heavy atom. The van der Waals surface area contributed by atoms with Crippen LogP contribution in [-0.4, -0.2) is 34.4 Å². The van der Waals surface area contributed by atoms with E-state index in [1.165, 1.54) is 33.5 Å². The number of aryl methyl sites for hydroxylation is 2. The maximum atomic E-state index is 6.82. The molecule has 3 heterocycles. The summed E-state index contributed by atoms with van der Waals surface area (Å²) < 4.78 is 6.82. The van der Waals surface area contributed by atoms with Gasteiger partial charge in [0.25, 0.3) is 0 Å². The molecule has 0 radical (unpaired) electrons.